The van der Waals surface area contributed by atoms with Gasteiger partial charge >= 0.3 is 0 Å². The van der Waals surface area contributed by atoms with Gasteiger partial charge in [0.25, 0.3) is 5.91 Å². The van der Waals surface area contributed by atoms with E-state index in [9.17, 15) is 13.2 Å². The summed E-state index contributed by atoms with van der Waals surface area (Å²) in [4.78, 5) is 12.4. The quantitative estimate of drug-likeness (QED) is 0.769. The summed E-state index contributed by atoms with van der Waals surface area (Å²) in [6.07, 6.45) is 0.678. The van der Waals surface area contributed by atoms with Crippen LogP contribution in [0.3, 0.4) is 0 Å². The summed E-state index contributed by atoms with van der Waals surface area (Å²) in [5.74, 6) is 0.0588. The molecule has 0 aromatic heterocycles. The summed E-state index contributed by atoms with van der Waals surface area (Å²) in [5.41, 5.74) is 0.708. The highest BCUT2D eigenvalue weighted by Crippen LogP contribution is 2.27. The predicted molar refractivity (Wildman–Crippen MR) is 97.9 cm³/mol. The van der Waals surface area contributed by atoms with Gasteiger partial charge in [-0.2, -0.15) is 0 Å². The molecule has 0 radical (unpaired) electrons. The molecule has 0 fully saturated rings. The number of anilines is 1. The van der Waals surface area contributed by atoms with Crippen molar-refractivity contribution in [1.29, 1.82) is 0 Å². The molecule has 0 atom stereocenters. The van der Waals surface area contributed by atoms with Crippen LogP contribution in [0.4, 0.5) is 5.69 Å². The fourth-order valence-corrected chi connectivity index (χ4v) is 3.51. The SMILES string of the molecule is CCCNS(=O)(=O)c1cccc(C(=O)Nc2ccc(OC)c(Cl)c2)c1. The lowest BCUT2D eigenvalue weighted by Crippen LogP contribution is -2.24. The van der Waals surface area contributed by atoms with Gasteiger partial charge in [0.1, 0.15) is 5.75 Å². The van der Waals surface area contributed by atoms with Crippen LogP contribution >= 0.6 is 11.6 Å². The normalized spacial score (nSPS) is 11.2. The van der Waals surface area contributed by atoms with Gasteiger partial charge in [0.05, 0.1) is 17.0 Å². The van der Waals surface area contributed by atoms with E-state index in [-0.39, 0.29) is 10.5 Å². The van der Waals surface area contributed by atoms with Gasteiger partial charge in [0.2, 0.25) is 10.0 Å². The maximum Gasteiger partial charge on any atom is 0.255 e. The highest BCUT2D eigenvalue weighted by Gasteiger charge is 2.16. The first-order valence-corrected chi connectivity index (χ1v) is 9.48. The predicted octanol–water partition coefficient (Wildman–Crippen LogP) is 3.29. The summed E-state index contributed by atoms with van der Waals surface area (Å²) >= 11 is 6.03. The molecule has 134 valence electrons. The van der Waals surface area contributed by atoms with Crippen LogP contribution in [0.25, 0.3) is 0 Å². The Kier molecular flexibility index (Phi) is 6.41. The maximum absolute atomic E-state index is 12.4. The molecule has 0 saturated carbocycles. The average molecular weight is 383 g/mol. The van der Waals surface area contributed by atoms with E-state index in [1.807, 2.05) is 6.92 Å². The third kappa shape index (κ3) is 4.94. The molecule has 2 aromatic carbocycles. The van der Waals surface area contributed by atoms with Gasteiger partial charge in [-0.1, -0.05) is 24.6 Å². The van der Waals surface area contributed by atoms with Crippen molar-refractivity contribution in [3.8, 4) is 5.75 Å². The Morgan fingerprint density at radius 3 is 2.60 bits per heavy atom. The van der Waals surface area contributed by atoms with E-state index >= 15 is 0 Å². The number of amides is 1. The number of ether oxygens (including phenoxy) is 1. The number of nitrogens with one attached hydrogen (secondary N) is 2. The number of benzene rings is 2. The Hall–Kier alpha value is -2.09. The van der Waals surface area contributed by atoms with Crippen LogP contribution < -0.4 is 14.8 Å². The van der Waals surface area contributed by atoms with Gasteiger partial charge < -0.3 is 10.1 Å². The standard InChI is InChI=1S/C17H19ClN2O4S/c1-3-9-19-25(22,23)14-6-4-5-12(10-14)17(21)20-13-7-8-16(24-2)15(18)11-13/h4-8,10-11,19H,3,9H2,1-2H3,(H,20,21). The smallest absolute Gasteiger partial charge is 0.255 e. The van der Waals surface area contributed by atoms with Crippen LogP contribution in [-0.2, 0) is 10.0 Å². The minimum Gasteiger partial charge on any atom is -0.495 e. The van der Waals surface area contributed by atoms with Gasteiger partial charge in [-0.25, -0.2) is 13.1 Å². The number of sulfonamides is 1. The van der Waals surface area contributed by atoms with E-state index in [0.29, 0.717) is 29.4 Å². The van der Waals surface area contributed by atoms with Crippen molar-refractivity contribution in [3.05, 3.63) is 53.1 Å². The van der Waals surface area contributed by atoms with Crippen LogP contribution in [0.2, 0.25) is 5.02 Å². The van der Waals surface area contributed by atoms with E-state index in [0.717, 1.165) is 0 Å². The summed E-state index contributed by atoms with van der Waals surface area (Å²) in [5, 5.41) is 3.04. The minimum absolute atomic E-state index is 0.0429. The summed E-state index contributed by atoms with van der Waals surface area (Å²) in [6, 6.07) is 10.7. The zero-order valence-corrected chi connectivity index (χ0v) is 15.4. The Bertz CT molecular complexity index is 869. The lowest BCUT2D eigenvalue weighted by atomic mass is 10.2. The van der Waals surface area contributed by atoms with E-state index < -0.39 is 15.9 Å². The van der Waals surface area contributed by atoms with Crippen LogP contribution in [-0.4, -0.2) is 28.0 Å². The monoisotopic (exact) mass is 382 g/mol. The van der Waals surface area contributed by atoms with E-state index in [1.54, 1.807) is 24.3 Å². The molecule has 0 saturated heterocycles. The number of carbonyl (C=O) groups excluding carboxylic acids is 1. The first kappa shape index (κ1) is 19.2. The minimum atomic E-state index is -3.63. The number of rotatable bonds is 7. The Labute approximate surface area is 152 Å². The first-order valence-electron chi connectivity index (χ1n) is 7.62. The second-order valence-electron chi connectivity index (χ2n) is 5.23. The van der Waals surface area contributed by atoms with Crippen molar-refractivity contribution < 1.29 is 17.9 Å². The molecular weight excluding hydrogens is 364 g/mol. The molecule has 6 nitrogen and oxygen atoms in total. The van der Waals surface area contributed by atoms with Gasteiger partial charge in [-0.15, -0.1) is 0 Å². The Morgan fingerprint density at radius 1 is 1.20 bits per heavy atom. The van der Waals surface area contributed by atoms with Crippen molar-refractivity contribution in [1.82, 2.24) is 4.72 Å². The molecule has 0 unspecified atom stereocenters. The van der Waals surface area contributed by atoms with Crippen molar-refractivity contribution >= 4 is 33.2 Å². The Balaban J connectivity index is 2.20. The van der Waals surface area contributed by atoms with Crippen molar-refractivity contribution in [2.75, 3.05) is 19.0 Å². The maximum atomic E-state index is 12.4. The average Bonchev–Trinajstić information content (AvgIpc) is 2.60. The van der Waals surface area contributed by atoms with E-state index in [4.69, 9.17) is 16.3 Å². The van der Waals surface area contributed by atoms with Crippen LogP contribution in [0, 0.1) is 0 Å². The zero-order chi connectivity index (χ0) is 18.4. The van der Waals surface area contributed by atoms with Crippen molar-refractivity contribution in [2.24, 2.45) is 0 Å². The fourth-order valence-electron chi connectivity index (χ4n) is 2.07. The topological polar surface area (TPSA) is 84.5 Å². The number of methoxy groups -OCH3 is 1. The molecule has 0 spiro atoms. The highest BCUT2D eigenvalue weighted by atomic mass is 35.5. The highest BCUT2D eigenvalue weighted by molar-refractivity contribution is 7.89. The molecule has 0 heterocycles. The third-order valence-electron chi connectivity index (χ3n) is 3.36. The second kappa shape index (κ2) is 8.33. The van der Waals surface area contributed by atoms with Crippen LogP contribution in [0.5, 0.6) is 5.75 Å². The first-order chi connectivity index (χ1) is 11.9. The van der Waals surface area contributed by atoms with Gasteiger partial charge in [0.15, 0.2) is 0 Å². The second-order valence-corrected chi connectivity index (χ2v) is 7.40. The lowest BCUT2D eigenvalue weighted by Gasteiger charge is -2.10. The molecule has 0 aliphatic heterocycles. The molecule has 2 N–H and O–H groups in total. The van der Waals surface area contributed by atoms with Crippen molar-refractivity contribution in [2.45, 2.75) is 18.2 Å². The fraction of sp³-hybridized carbons (Fsp3) is 0.235. The summed E-state index contributed by atoms with van der Waals surface area (Å²) < 4.78 is 31.9. The molecular formula is C17H19ClN2O4S. The van der Waals surface area contributed by atoms with Gasteiger partial charge in [0, 0.05) is 17.8 Å². The lowest BCUT2D eigenvalue weighted by molar-refractivity contribution is 0.102. The van der Waals surface area contributed by atoms with Gasteiger partial charge in [-0.05, 0) is 42.8 Å². The van der Waals surface area contributed by atoms with Gasteiger partial charge in [-0.3, -0.25) is 4.79 Å². The van der Waals surface area contributed by atoms with Crippen molar-refractivity contribution in [3.63, 3.8) is 0 Å². The molecule has 1 amide bonds. The largest absolute Gasteiger partial charge is 0.495 e. The molecule has 8 heteroatoms. The molecule has 2 aromatic rings. The summed E-state index contributed by atoms with van der Waals surface area (Å²) in [7, 11) is -2.14. The number of carbonyl (C=O) groups is 1. The Morgan fingerprint density at radius 2 is 1.96 bits per heavy atom. The number of halogens is 1. The number of hydrogen-bond acceptors (Lipinski definition) is 4. The van der Waals surface area contributed by atoms with E-state index in [2.05, 4.69) is 10.0 Å². The number of hydrogen-bond donors (Lipinski definition) is 2. The molecule has 0 aliphatic carbocycles. The van der Waals surface area contributed by atoms with E-state index in [1.165, 1.54) is 25.3 Å². The molecule has 25 heavy (non-hydrogen) atoms. The molecule has 0 aliphatic rings. The van der Waals surface area contributed by atoms with Crippen LogP contribution in [0.1, 0.15) is 23.7 Å². The zero-order valence-electron chi connectivity index (χ0n) is 13.9. The third-order valence-corrected chi connectivity index (χ3v) is 5.11. The van der Waals surface area contributed by atoms with Crippen LogP contribution in [0.15, 0.2) is 47.4 Å². The molecule has 2 rings (SSSR count). The molecule has 0 bridgehead atoms. The summed E-state index contributed by atoms with van der Waals surface area (Å²) in [6.45, 7) is 2.20.